The van der Waals surface area contributed by atoms with Crippen LogP contribution >= 0.6 is 0 Å². The summed E-state index contributed by atoms with van der Waals surface area (Å²) in [5.74, 6) is 0.903. The van der Waals surface area contributed by atoms with E-state index in [4.69, 9.17) is 5.73 Å². The van der Waals surface area contributed by atoms with Gasteiger partial charge in [-0.2, -0.15) is 0 Å². The van der Waals surface area contributed by atoms with Gasteiger partial charge in [0.1, 0.15) is 5.82 Å². The normalized spacial score (nSPS) is 18.1. The lowest BCUT2D eigenvalue weighted by Crippen LogP contribution is -2.23. The van der Waals surface area contributed by atoms with Gasteiger partial charge in [0.15, 0.2) is 9.84 Å². The molecule has 0 saturated heterocycles. The SMILES string of the molecule is Cc1nc(CCN)nc2c1CCS(=O)(=O)C2. The molecule has 0 saturated carbocycles. The summed E-state index contributed by atoms with van der Waals surface area (Å²) in [7, 11) is -2.97. The van der Waals surface area contributed by atoms with Gasteiger partial charge in [0.2, 0.25) is 0 Å². The van der Waals surface area contributed by atoms with Gasteiger partial charge in [-0.05, 0) is 25.5 Å². The van der Waals surface area contributed by atoms with E-state index in [1.165, 1.54) is 0 Å². The zero-order valence-corrected chi connectivity index (χ0v) is 10.0. The molecule has 0 bridgehead atoms. The topological polar surface area (TPSA) is 85.9 Å². The second-order valence-electron chi connectivity index (χ2n) is 4.03. The molecule has 0 radical (unpaired) electrons. The third-order valence-electron chi connectivity index (χ3n) is 2.73. The van der Waals surface area contributed by atoms with Crippen LogP contribution in [0, 0.1) is 6.92 Å². The number of aryl methyl sites for hydroxylation is 1. The molecule has 0 aliphatic carbocycles. The number of nitrogens with zero attached hydrogens (tertiary/aromatic N) is 2. The summed E-state index contributed by atoms with van der Waals surface area (Å²) in [4.78, 5) is 8.63. The number of sulfone groups is 1. The van der Waals surface area contributed by atoms with Crippen LogP contribution in [0.2, 0.25) is 0 Å². The molecule has 2 heterocycles. The van der Waals surface area contributed by atoms with Gasteiger partial charge in [0.25, 0.3) is 0 Å². The van der Waals surface area contributed by atoms with E-state index in [1.54, 1.807) is 0 Å². The van der Waals surface area contributed by atoms with Crippen molar-refractivity contribution in [1.82, 2.24) is 9.97 Å². The van der Waals surface area contributed by atoms with Crippen molar-refractivity contribution in [3.63, 3.8) is 0 Å². The van der Waals surface area contributed by atoms with Crippen molar-refractivity contribution in [3.05, 3.63) is 22.8 Å². The zero-order valence-electron chi connectivity index (χ0n) is 9.23. The molecule has 5 nitrogen and oxygen atoms in total. The predicted molar refractivity (Wildman–Crippen MR) is 60.7 cm³/mol. The molecule has 6 heteroatoms. The first-order valence-corrected chi connectivity index (χ1v) is 7.10. The minimum Gasteiger partial charge on any atom is -0.330 e. The Labute approximate surface area is 95.0 Å². The third-order valence-corrected chi connectivity index (χ3v) is 4.27. The molecule has 2 N–H and O–H groups in total. The van der Waals surface area contributed by atoms with Gasteiger partial charge in [0.05, 0.1) is 17.2 Å². The third kappa shape index (κ3) is 2.22. The van der Waals surface area contributed by atoms with Crippen LogP contribution in [0.15, 0.2) is 0 Å². The molecule has 0 unspecified atom stereocenters. The summed E-state index contributed by atoms with van der Waals surface area (Å²) < 4.78 is 23.0. The van der Waals surface area contributed by atoms with Crippen LogP contribution in [-0.4, -0.2) is 30.7 Å². The van der Waals surface area contributed by atoms with Crippen molar-refractivity contribution in [2.75, 3.05) is 12.3 Å². The average molecular weight is 241 g/mol. The summed E-state index contributed by atoms with van der Waals surface area (Å²) in [6, 6.07) is 0. The van der Waals surface area contributed by atoms with Crippen molar-refractivity contribution in [1.29, 1.82) is 0 Å². The number of hydrogen-bond acceptors (Lipinski definition) is 5. The monoisotopic (exact) mass is 241 g/mol. The smallest absolute Gasteiger partial charge is 0.156 e. The number of aromatic nitrogens is 2. The molecule has 0 amide bonds. The van der Waals surface area contributed by atoms with Gasteiger partial charge >= 0.3 is 0 Å². The summed E-state index contributed by atoms with van der Waals surface area (Å²) in [6.45, 7) is 2.38. The Hall–Kier alpha value is -1.01. The summed E-state index contributed by atoms with van der Waals surface area (Å²) in [5.41, 5.74) is 8.00. The van der Waals surface area contributed by atoms with E-state index in [0.29, 0.717) is 30.9 Å². The highest BCUT2D eigenvalue weighted by Gasteiger charge is 2.24. The molecular weight excluding hydrogens is 226 g/mol. The average Bonchev–Trinajstić information content (AvgIpc) is 2.15. The molecule has 2 rings (SSSR count). The lowest BCUT2D eigenvalue weighted by Gasteiger charge is -2.17. The minimum absolute atomic E-state index is 0.0449. The van der Waals surface area contributed by atoms with Crippen LogP contribution in [0.1, 0.15) is 22.8 Å². The first-order valence-electron chi connectivity index (χ1n) is 5.27. The van der Waals surface area contributed by atoms with E-state index in [-0.39, 0.29) is 11.5 Å². The van der Waals surface area contributed by atoms with E-state index in [0.717, 1.165) is 11.3 Å². The van der Waals surface area contributed by atoms with Crippen molar-refractivity contribution >= 4 is 9.84 Å². The van der Waals surface area contributed by atoms with Crippen molar-refractivity contribution in [2.24, 2.45) is 5.73 Å². The number of hydrogen-bond donors (Lipinski definition) is 1. The summed E-state index contributed by atoms with van der Waals surface area (Å²) in [5, 5.41) is 0. The Morgan fingerprint density at radius 2 is 2.12 bits per heavy atom. The molecule has 1 aromatic rings. The standard InChI is InChI=1S/C10H15N3O2S/c1-7-8-3-5-16(14,15)6-9(8)13-10(12-7)2-4-11/h2-6,11H2,1H3. The van der Waals surface area contributed by atoms with Crippen LogP contribution in [0.3, 0.4) is 0 Å². The molecule has 16 heavy (non-hydrogen) atoms. The van der Waals surface area contributed by atoms with Gasteiger partial charge in [-0.25, -0.2) is 18.4 Å². The maximum atomic E-state index is 11.5. The Morgan fingerprint density at radius 3 is 2.81 bits per heavy atom. The predicted octanol–water partition coefficient (Wildman–Crippen LogP) is -0.243. The molecule has 1 aromatic heterocycles. The highest BCUT2D eigenvalue weighted by molar-refractivity contribution is 7.90. The van der Waals surface area contributed by atoms with E-state index in [9.17, 15) is 8.42 Å². The molecule has 0 aromatic carbocycles. The van der Waals surface area contributed by atoms with Crippen LogP contribution in [-0.2, 0) is 28.4 Å². The molecule has 0 fully saturated rings. The number of nitrogens with two attached hydrogens (primary N) is 1. The largest absolute Gasteiger partial charge is 0.330 e. The Kier molecular flexibility index (Phi) is 2.94. The summed E-state index contributed by atoms with van der Waals surface area (Å²) >= 11 is 0. The molecule has 1 aliphatic heterocycles. The fraction of sp³-hybridized carbons (Fsp3) is 0.600. The van der Waals surface area contributed by atoms with E-state index in [2.05, 4.69) is 9.97 Å². The fourth-order valence-electron chi connectivity index (χ4n) is 1.94. The van der Waals surface area contributed by atoms with Gasteiger partial charge in [-0.15, -0.1) is 0 Å². The zero-order chi connectivity index (χ0) is 11.8. The van der Waals surface area contributed by atoms with Gasteiger partial charge < -0.3 is 5.73 Å². The van der Waals surface area contributed by atoms with Crippen molar-refractivity contribution < 1.29 is 8.42 Å². The lowest BCUT2D eigenvalue weighted by atomic mass is 10.1. The van der Waals surface area contributed by atoms with Crippen LogP contribution in [0.4, 0.5) is 0 Å². The Bertz CT molecular complexity index is 511. The second-order valence-corrected chi connectivity index (χ2v) is 6.22. The van der Waals surface area contributed by atoms with Crippen LogP contribution in [0.25, 0.3) is 0 Å². The first kappa shape index (κ1) is 11.5. The minimum atomic E-state index is -2.97. The lowest BCUT2D eigenvalue weighted by molar-refractivity contribution is 0.589. The van der Waals surface area contributed by atoms with Crippen molar-refractivity contribution in [3.8, 4) is 0 Å². The van der Waals surface area contributed by atoms with Crippen molar-refractivity contribution in [2.45, 2.75) is 25.5 Å². The maximum Gasteiger partial charge on any atom is 0.156 e. The molecule has 1 aliphatic rings. The molecular formula is C10H15N3O2S. The van der Waals surface area contributed by atoms with E-state index < -0.39 is 9.84 Å². The number of rotatable bonds is 2. The fourth-order valence-corrected chi connectivity index (χ4v) is 3.26. The summed E-state index contributed by atoms with van der Waals surface area (Å²) in [6.07, 6.45) is 1.13. The second kappa shape index (κ2) is 4.10. The first-order chi connectivity index (χ1) is 7.52. The van der Waals surface area contributed by atoms with E-state index in [1.807, 2.05) is 6.92 Å². The highest BCUT2D eigenvalue weighted by Crippen LogP contribution is 2.21. The highest BCUT2D eigenvalue weighted by atomic mass is 32.2. The van der Waals surface area contributed by atoms with Gasteiger partial charge in [-0.3, -0.25) is 0 Å². The quantitative estimate of drug-likeness (QED) is 0.772. The molecule has 88 valence electrons. The van der Waals surface area contributed by atoms with E-state index >= 15 is 0 Å². The maximum absolute atomic E-state index is 11.5. The van der Waals surface area contributed by atoms with Gasteiger partial charge in [-0.1, -0.05) is 0 Å². The molecule has 0 atom stereocenters. The molecule has 0 spiro atoms. The Morgan fingerprint density at radius 1 is 1.38 bits per heavy atom. The number of fused-ring (bicyclic) bond motifs is 1. The Balaban J connectivity index is 2.45. The van der Waals surface area contributed by atoms with Crippen LogP contribution < -0.4 is 5.73 Å². The van der Waals surface area contributed by atoms with Gasteiger partial charge in [0, 0.05) is 12.1 Å². The van der Waals surface area contributed by atoms with Crippen LogP contribution in [0.5, 0.6) is 0 Å².